The maximum absolute atomic E-state index is 12.2. The van der Waals surface area contributed by atoms with Crippen LogP contribution in [0.15, 0.2) is 73.0 Å². The summed E-state index contributed by atoms with van der Waals surface area (Å²) in [5.41, 5.74) is 0. The minimum absolute atomic E-state index is 0.0659. The molecule has 0 bridgehead atoms. The van der Waals surface area contributed by atoms with Gasteiger partial charge >= 0.3 is 14.3 Å². The molecule has 0 N–H and O–H groups in total. The van der Waals surface area contributed by atoms with Crippen molar-refractivity contribution in [3.05, 3.63) is 73.0 Å². The summed E-state index contributed by atoms with van der Waals surface area (Å²) in [4.78, 5) is 12.2. The van der Waals surface area contributed by atoms with Gasteiger partial charge in [-0.1, -0.05) is 88.0 Å². The van der Waals surface area contributed by atoms with Gasteiger partial charge in [0.15, 0.2) is 5.76 Å². The largest absolute Gasteiger partial charge is 0.530 e. The molecule has 0 spiro atoms. The standard InChI is InChI=1S/C21H26O3Si/c1-6-23-20(22)17(2)24-25(21(3,4)5,18-13-9-7-10-14-18)19-15-11-8-12-16-19/h7-16H,2,6H2,1,3-5H3. The number of ether oxygens (including phenoxy) is 1. The van der Waals surface area contributed by atoms with Gasteiger partial charge in [0.25, 0.3) is 0 Å². The molecule has 3 nitrogen and oxygen atoms in total. The Labute approximate surface area is 151 Å². The van der Waals surface area contributed by atoms with Crippen molar-refractivity contribution < 1.29 is 14.0 Å². The first-order chi connectivity index (χ1) is 11.8. The van der Waals surface area contributed by atoms with E-state index < -0.39 is 14.3 Å². The van der Waals surface area contributed by atoms with E-state index in [1.165, 1.54) is 0 Å². The second-order valence-corrected chi connectivity index (χ2v) is 11.1. The lowest BCUT2D eigenvalue weighted by Gasteiger charge is -2.42. The Bertz CT molecular complexity index is 678. The van der Waals surface area contributed by atoms with Crippen LogP contribution < -0.4 is 10.4 Å². The number of carbonyl (C=O) groups excluding carboxylic acids is 1. The first-order valence-electron chi connectivity index (χ1n) is 8.49. The highest BCUT2D eigenvalue weighted by atomic mass is 28.4. The van der Waals surface area contributed by atoms with Crippen LogP contribution in [0, 0.1) is 0 Å². The van der Waals surface area contributed by atoms with Crippen LogP contribution >= 0.6 is 0 Å². The molecule has 4 heteroatoms. The maximum Gasteiger partial charge on any atom is 0.371 e. The SMILES string of the molecule is C=C(O[Si](c1ccccc1)(c1ccccc1)C(C)(C)C)C(=O)OCC. The lowest BCUT2D eigenvalue weighted by Crippen LogP contribution is -2.66. The van der Waals surface area contributed by atoms with E-state index in [1.807, 2.05) is 36.4 Å². The second kappa shape index (κ2) is 7.70. The van der Waals surface area contributed by atoms with Crippen molar-refractivity contribution in [3.63, 3.8) is 0 Å². The molecule has 132 valence electrons. The van der Waals surface area contributed by atoms with E-state index in [2.05, 4.69) is 51.6 Å². The van der Waals surface area contributed by atoms with Gasteiger partial charge in [0.2, 0.25) is 0 Å². The van der Waals surface area contributed by atoms with Gasteiger partial charge in [-0.25, -0.2) is 4.79 Å². The van der Waals surface area contributed by atoms with Crippen LogP contribution in [0.25, 0.3) is 0 Å². The van der Waals surface area contributed by atoms with Crippen molar-refractivity contribution in [3.8, 4) is 0 Å². The summed E-state index contributed by atoms with van der Waals surface area (Å²) in [6, 6.07) is 20.3. The minimum atomic E-state index is -2.80. The third-order valence-electron chi connectivity index (χ3n) is 4.20. The van der Waals surface area contributed by atoms with Crippen LogP contribution in [0.4, 0.5) is 0 Å². The molecule has 0 saturated carbocycles. The fraction of sp³-hybridized carbons (Fsp3) is 0.286. The van der Waals surface area contributed by atoms with E-state index in [0.29, 0.717) is 6.61 Å². The molecule has 0 radical (unpaired) electrons. The Balaban J connectivity index is 2.65. The number of benzene rings is 2. The lowest BCUT2D eigenvalue weighted by molar-refractivity contribution is -0.141. The first-order valence-corrected chi connectivity index (χ1v) is 10.4. The zero-order valence-electron chi connectivity index (χ0n) is 15.4. The molecule has 25 heavy (non-hydrogen) atoms. The molecule has 0 atom stereocenters. The van der Waals surface area contributed by atoms with Crippen LogP contribution in [0.5, 0.6) is 0 Å². The minimum Gasteiger partial charge on any atom is -0.530 e. The Kier molecular flexibility index (Phi) is 5.85. The lowest BCUT2D eigenvalue weighted by atomic mass is 10.2. The smallest absolute Gasteiger partial charge is 0.371 e. The fourth-order valence-electron chi connectivity index (χ4n) is 3.09. The highest BCUT2D eigenvalue weighted by Gasteiger charge is 2.52. The molecular weight excluding hydrogens is 328 g/mol. The summed E-state index contributed by atoms with van der Waals surface area (Å²) in [6.07, 6.45) is 0. The first kappa shape index (κ1) is 19.0. The zero-order valence-corrected chi connectivity index (χ0v) is 16.4. The van der Waals surface area contributed by atoms with Crippen molar-refractivity contribution in [2.75, 3.05) is 6.61 Å². The number of hydrogen-bond donors (Lipinski definition) is 0. The number of rotatable bonds is 6. The van der Waals surface area contributed by atoms with Crippen molar-refractivity contribution in [1.29, 1.82) is 0 Å². The van der Waals surface area contributed by atoms with E-state index in [9.17, 15) is 4.79 Å². The topological polar surface area (TPSA) is 35.5 Å². The predicted octanol–water partition coefficient (Wildman–Crippen LogP) is 3.64. The second-order valence-electron chi connectivity index (χ2n) is 6.91. The number of carbonyl (C=O) groups is 1. The fourth-order valence-corrected chi connectivity index (χ4v) is 7.47. The van der Waals surface area contributed by atoms with Crippen LogP contribution in [-0.2, 0) is 14.0 Å². The molecule has 0 fully saturated rings. The molecule has 0 heterocycles. The molecule has 0 aliphatic heterocycles. The van der Waals surface area contributed by atoms with Crippen molar-refractivity contribution in [2.24, 2.45) is 0 Å². The summed E-state index contributed by atoms with van der Waals surface area (Å²) in [5, 5.41) is 1.98. The number of esters is 1. The highest BCUT2D eigenvalue weighted by Crippen LogP contribution is 2.37. The van der Waals surface area contributed by atoms with Gasteiger partial charge in [-0.3, -0.25) is 0 Å². The summed E-state index contributed by atoms with van der Waals surface area (Å²) < 4.78 is 11.6. The summed E-state index contributed by atoms with van der Waals surface area (Å²) in [5.74, 6) is -0.438. The van der Waals surface area contributed by atoms with Gasteiger partial charge in [0.1, 0.15) is 0 Å². The quantitative estimate of drug-likeness (QED) is 0.344. The summed E-state index contributed by atoms with van der Waals surface area (Å²) in [6.45, 7) is 12.4. The highest BCUT2D eigenvalue weighted by molar-refractivity contribution is 6.99. The van der Waals surface area contributed by atoms with Gasteiger partial charge in [-0.2, -0.15) is 0 Å². The third-order valence-corrected chi connectivity index (χ3v) is 9.15. The van der Waals surface area contributed by atoms with E-state index >= 15 is 0 Å². The normalized spacial score (nSPS) is 11.7. The molecule has 2 aromatic carbocycles. The van der Waals surface area contributed by atoms with Gasteiger partial charge in [0, 0.05) is 0 Å². The van der Waals surface area contributed by atoms with Gasteiger partial charge in [0.05, 0.1) is 6.61 Å². The Hall–Kier alpha value is -2.33. The average molecular weight is 355 g/mol. The van der Waals surface area contributed by atoms with E-state index in [0.717, 1.165) is 10.4 Å². The third kappa shape index (κ3) is 3.85. The van der Waals surface area contributed by atoms with E-state index in [4.69, 9.17) is 9.16 Å². The maximum atomic E-state index is 12.2. The molecule has 0 aliphatic rings. The van der Waals surface area contributed by atoms with Crippen LogP contribution in [0.1, 0.15) is 27.7 Å². The van der Waals surface area contributed by atoms with Gasteiger partial charge in [-0.05, 0) is 22.3 Å². The average Bonchev–Trinajstić information content (AvgIpc) is 2.60. The molecule has 0 unspecified atom stereocenters. The molecule has 0 amide bonds. The van der Waals surface area contributed by atoms with Crippen LogP contribution in [-0.4, -0.2) is 20.9 Å². The van der Waals surface area contributed by atoms with E-state index in [1.54, 1.807) is 6.92 Å². The summed E-state index contributed by atoms with van der Waals surface area (Å²) in [7, 11) is -2.80. The number of hydrogen-bond acceptors (Lipinski definition) is 3. The molecule has 2 rings (SSSR count). The van der Waals surface area contributed by atoms with E-state index in [-0.39, 0.29) is 10.8 Å². The molecule has 2 aromatic rings. The molecule has 0 saturated heterocycles. The van der Waals surface area contributed by atoms with Crippen LogP contribution in [0.2, 0.25) is 5.04 Å². The Morgan fingerprint density at radius 1 is 0.960 bits per heavy atom. The monoisotopic (exact) mass is 354 g/mol. The van der Waals surface area contributed by atoms with Gasteiger partial charge < -0.3 is 9.16 Å². The van der Waals surface area contributed by atoms with Crippen molar-refractivity contribution >= 4 is 24.7 Å². The molecular formula is C21H26O3Si. The van der Waals surface area contributed by atoms with Crippen LogP contribution in [0.3, 0.4) is 0 Å². The van der Waals surface area contributed by atoms with Crippen molar-refractivity contribution in [2.45, 2.75) is 32.7 Å². The predicted molar refractivity (Wildman–Crippen MR) is 104 cm³/mol. The Morgan fingerprint density at radius 3 is 1.76 bits per heavy atom. The molecule has 0 aliphatic carbocycles. The van der Waals surface area contributed by atoms with Crippen molar-refractivity contribution in [1.82, 2.24) is 0 Å². The van der Waals surface area contributed by atoms with Gasteiger partial charge in [-0.15, -0.1) is 0 Å². The summed E-state index contributed by atoms with van der Waals surface area (Å²) >= 11 is 0. The molecule has 0 aromatic heterocycles. The zero-order chi connectivity index (χ0) is 18.5. The Morgan fingerprint density at radius 2 is 1.40 bits per heavy atom.